The molecule has 2 aromatic carbocycles. The first kappa shape index (κ1) is 48.6. The molecule has 16 nitrogen and oxygen atoms in total. The largest absolute Gasteiger partial charge is 0.507 e. The van der Waals surface area contributed by atoms with E-state index in [1.54, 1.807) is 30.3 Å². The van der Waals surface area contributed by atoms with Crippen molar-refractivity contribution in [1.29, 1.82) is 0 Å². The fourth-order valence-corrected chi connectivity index (χ4v) is 12.4. The van der Waals surface area contributed by atoms with Crippen molar-refractivity contribution in [2.24, 2.45) is 16.7 Å². The van der Waals surface area contributed by atoms with Gasteiger partial charge in [0.25, 0.3) is 0 Å². The van der Waals surface area contributed by atoms with E-state index < -0.39 is 23.6 Å². The van der Waals surface area contributed by atoms with E-state index in [1.807, 2.05) is 51.4 Å². The van der Waals surface area contributed by atoms with Gasteiger partial charge in [-0.1, -0.05) is 56.5 Å². The molecule has 71 heavy (non-hydrogen) atoms. The molecule has 2 aromatic heterocycles. The quantitative estimate of drug-likeness (QED) is 0.121. The van der Waals surface area contributed by atoms with Crippen LogP contribution in [0.4, 0.5) is 17.5 Å². The van der Waals surface area contributed by atoms with Crippen molar-refractivity contribution in [3.05, 3.63) is 82.6 Å². The Morgan fingerprint density at radius 2 is 1.69 bits per heavy atom. The zero-order valence-electron chi connectivity index (χ0n) is 41.0. The molecule has 0 radical (unpaired) electrons. The number of aliphatic hydroxyl groups is 1. The van der Waals surface area contributed by atoms with Crippen molar-refractivity contribution >= 4 is 46.8 Å². The van der Waals surface area contributed by atoms with Crippen molar-refractivity contribution in [3.63, 3.8) is 0 Å². The molecule has 3 saturated heterocycles. The maximum Gasteiger partial charge on any atom is 0.246 e. The first-order chi connectivity index (χ1) is 34.1. The average molecular weight is 985 g/mol. The molecule has 4 aromatic rings. The van der Waals surface area contributed by atoms with Crippen LogP contribution in [-0.2, 0) is 20.9 Å². The lowest BCUT2D eigenvalue weighted by atomic mass is 9.56. The van der Waals surface area contributed by atoms with Crippen LogP contribution in [0.5, 0.6) is 5.75 Å². The lowest BCUT2D eigenvalue weighted by Crippen LogP contribution is -2.59. The third-order valence-electron chi connectivity index (χ3n) is 16.4. The lowest BCUT2D eigenvalue weighted by Gasteiger charge is -2.55. The van der Waals surface area contributed by atoms with Crippen molar-refractivity contribution in [1.82, 2.24) is 40.6 Å². The molecule has 2 aliphatic carbocycles. The third kappa shape index (κ3) is 10.1. The second kappa shape index (κ2) is 19.9. The summed E-state index contributed by atoms with van der Waals surface area (Å²) in [5.74, 6) is 3.65. The van der Waals surface area contributed by atoms with Crippen molar-refractivity contribution in [3.8, 4) is 29.4 Å². The zero-order chi connectivity index (χ0) is 49.6. The summed E-state index contributed by atoms with van der Waals surface area (Å²) in [4.78, 5) is 60.3. The fourth-order valence-electron chi connectivity index (χ4n) is 12.2. The summed E-state index contributed by atoms with van der Waals surface area (Å²) in [5, 5.41) is 39.9. The summed E-state index contributed by atoms with van der Waals surface area (Å²) in [6.45, 7) is 11.1. The molecule has 10 rings (SSSR count). The summed E-state index contributed by atoms with van der Waals surface area (Å²) in [5.41, 5.74) is 4.48. The minimum absolute atomic E-state index is 0.0147. The number of hydrogen-bond acceptors (Lipinski definition) is 13. The van der Waals surface area contributed by atoms with Gasteiger partial charge < -0.3 is 45.8 Å². The first-order valence-corrected chi connectivity index (χ1v) is 25.8. The molecule has 5 fully saturated rings. The second-order valence-electron chi connectivity index (χ2n) is 22.0. The molecule has 5 N–H and O–H groups in total. The first-order valence-electron chi connectivity index (χ1n) is 25.4. The van der Waals surface area contributed by atoms with Crippen LogP contribution in [0.3, 0.4) is 0 Å². The van der Waals surface area contributed by atoms with Crippen LogP contribution in [-0.4, -0.2) is 134 Å². The van der Waals surface area contributed by atoms with Gasteiger partial charge in [0.1, 0.15) is 17.8 Å². The standard InChI is InChI=1S/C54H66ClN11O5/c1-5-33-10-11-36(42(55)22-33)27-57-50(70)45-23-40(67)32-66(45)51(71)47(53(2,3)4)60-49(69)35-12-16-54(17-13-35)25-38(26-54)63-18-14-34(15-19-63)37-28-58-52(59-29-37)64-20-21-65-39(31-64)30-56-48-44(65)24-43(61-62-48)41-8-6-7-9-46(41)68/h1,6-11,22,24,28-29,34-35,38-40,45,47,67-68H,12-21,23,25-27,30-32H2,2-4H3,(H,56,62)(H,57,70)(H,60,69)/t35-,38-,39-,40+,45-,47+,54?/m0/s1. The number of para-hydroxylation sites is 1. The minimum Gasteiger partial charge on any atom is -0.507 e. The topological polar surface area (TPSA) is 192 Å². The molecule has 374 valence electrons. The molecule has 6 aliphatic rings. The summed E-state index contributed by atoms with van der Waals surface area (Å²) < 4.78 is 0. The predicted molar refractivity (Wildman–Crippen MR) is 273 cm³/mol. The lowest BCUT2D eigenvalue weighted by molar-refractivity contribution is -0.145. The number of benzene rings is 2. The number of amides is 3. The van der Waals surface area contributed by atoms with E-state index in [0.717, 1.165) is 108 Å². The second-order valence-corrected chi connectivity index (χ2v) is 22.4. The molecular formula is C54H66ClN11O5. The number of aliphatic hydroxyl groups excluding tert-OH is 1. The van der Waals surface area contributed by atoms with Gasteiger partial charge >= 0.3 is 0 Å². The molecule has 1 spiro atoms. The minimum atomic E-state index is -0.880. The smallest absolute Gasteiger partial charge is 0.246 e. The van der Waals surface area contributed by atoms with E-state index in [-0.39, 0.29) is 60.4 Å². The van der Waals surface area contributed by atoms with Gasteiger partial charge in [0.2, 0.25) is 23.7 Å². The number of terminal acetylenes is 1. The SMILES string of the molecule is C#Cc1ccc(CNC(=O)[C@@H]2C[C@@H](O)CN2C(=O)[C@@H](NC(=O)[C@H]2CCC3(CC2)C[C@H](N2CCC(c4cnc(N5CCN6c7cc(-c8ccccc8O)nnc7NC[C@H]6C5)nc4)CC2)C3)C(C)(C)C)c(Cl)c1. The number of halogens is 1. The number of nitrogens with one attached hydrogen (secondary N) is 3. The number of carbonyl (C=O) groups is 3. The number of phenolic OH excluding ortho intramolecular Hbond substituents is 1. The molecular weight excluding hydrogens is 918 g/mol. The van der Waals surface area contributed by atoms with Crippen LogP contribution in [0.25, 0.3) is 11.3 Å². The summed E-state index contributed by atoms with van der Waals surface area (Å²) in [6.07, 6.45) is 16.9. The number of rotatable bonds is 10. The van der Waals surface area contributed by atoms with Crippen molar-refractivity contribution in [2.75, 3.05) is 60.9 Å². The number of anilines is 3. The van der Waals surface area contributed by atoms with E-state index in [2.05, 4.69) is 46.8 Å². The van der Waals surface area contributed by atoms with E-state index >= 15 is 0 Å². The highest BCUT2D eigenvalue weighted by Crippen LogP contribution is 2.55. The Morgan fingerprint density at radius 1 is 0.944 bits per heavy atom. The van der Waals surface area contributed by atoms with Gasteiger partial charge in [-0.3, -0.25) is 14.4 Å². The van der Waals surface area contributed by atoms with Gasteiger partial charge in [-0.25, -0.2) is 9.97 Å². The molecule has 0 bridgehead atoms. The Hall–Kier alpha value is -6.02. The van der Waals surface area contributed by atoms with Crippen molar-refractivity contribution < 1.29 is 24.6 Å². The van der Waals surface area contributed by atoms with Gasteiger partial charge in [0.05, 0.1) is 23.5 Å². The van der Waals surface area contributed by atoms with E-state index in [0.29, 0.717) is 39.4 Å². The van der Waals surface area contributed by atoms with Gasteiger partial charge in [0, 0.05) is 86.2 Å². The number of fused-ring (bicyclic) bond motifs is 3. The highest BCUT2D eigenvalue weighted by molar-refractivity contribution is 6.31. The number of piperidine rings is 1. The van der Waals surface area contributed by atoms with Crippen LogP contribution in [0.1, 0.15) is 101 Å². The maximum absolute atomic E-state index is 14.3. The average Bonchev–Trinajstić information content (AvgIpc) is 3.77. The van der Waals surface area contributed by atoms with Gasteiger partial charge in [-0.05, 0) is 123 Å². The normalized spacial score (nSPS) is 26.1. The monoisotopic (exact) mass is 983 g/mol. The third-order valence-corrected chi connectivity index (χ3v) is 16.8. The Kier molecular flexibility index (Phi) is 13.6. The van der Waals surface area contributed by atoms with Crippen LogP contribution >= 0.6 is 11.6 Å². The maximum atomic E-state index is 14.3. The summed E-state index contributed by atoms with van der Waals surface area (Å²) >= 11 is 6.39. The number of hydrogen-bond donors (Lipinski definition) is 5. The molecule has 0 unspecified atom stereocenters. The predicted octanol–water partition coefficient (Wildman–Crippen LogP) is 5.72. The molecule has 6 heterocycles. The number of piperazine rings is 1. The van der Waals surface area contributed by atoms with Crippen LogP contribution < -0.4 is 25.8 Å². The van der Waals surface area contributed by atoms with Gasteiger partial charge in [0.15, 0.2) is 5.82 Å². The molecule has 4 atom stereocenters. The Balaban J connectivity index is 0.669. The fraction of sp³-hybridized carbons (Fsp3) is 0.537. The summed E-state index contributed by atoms with van der Waals surface area (Å²) in [6, 6.07) is 13.4. The number of aromatic hydroxyl groups is 1. The number of carbonyl (C=O) groups excluding carboxylic acids is 3. The van der Waals surface area contributed by atoms with Gasteiger partial charge in [-0.15, -0.1) is 16.6 Å². The number of phenols is 1. The van der Waals surface area contributed by atoms with E-state index in [1.165, 1.54) is 10.5 Å². The Bertz CT molecular complexity index is 2670. The highest BCUT2D eigenvalue weighted by Gasteiger charge is 2.50. The Labute approximate surface area is 421 Å². The number of β-amino-alcohol motifs (C(OH)–C–C–N with tert-alkyl or cyclic N) is 1. The number of aromatic nitrogens is 4. The highest BCUT2D eigenvalue weighted by atomic mass is 35.5. The van der Waals surface area contributed by atoms with Crippen LogP contribution in [0.15, 0.2) is 60.9 Å². The van der Waals surface area contributed by atoms with E-state index in [4.69, 9.17) is 28.0 Å². The summed E-state index contributed by atoms with van der Waals surface area (Å²) in [7, 11) is 0. The molecule has 4 aliphatic heterocycles. The number of likely N-dealkylation sites (tertiary alicyclic amines) is 2. The van der Waals surface area contributed by atoms with Crippen molar-refractivity contribution in [2.45, 2.75) is 121 Å². The zero-order valence-corrected chi connectivity index (χ0v) is 41.7. The molecule has 17 heteroatoms. The Morgan fingerprint density at radius 3 is 2.39 bits per heavy atom. The molecule has 3 amide bonds. The van der Waals surface area contributed by atoms with E-state index in [9.17, 15) is 24.6 Å². The van der Waals surface area contributed by atoms with Gasteiger partial charge in [-0.2, -0.15) is 0 Å². The number of nitrogens with zero attached hydrogens (tertiary/aromatic N) is 8. The van der Waals surface area contributed by atoms with Crippen LogP contribution in [0, 0.1) is 29.1 Å². The van der Waals surface area contributed by atoms with Crippen LogP contribution in [0.2, 0.25) is 5.02 Å². The molecule has 2 saturated carbocycles.